The summed E-state index contributed by atoms with van der Waals surface area (Å²) in [6.07, 6.45) is 5.90. The van der Waals surface area contributed by atoms with Crippen LogP contribution in [0.3, 0.4) is 0 Å². The summed E-state index contributed by atoms with van der Waals surface area (Å²) in [7, 11) is 0. The molecule has 0 radical (unpaired) electrons. The van der Waals surface area contributed by atoms with Gasteiger partial charge in [0, 0.05) is 0 Å². The first-order chi connectivity index (χ1) is 10.5. The van der Waals surface area contributed by atoms with E-state index in [1.807, 2.05) is 12.2 Å². The van der Waals surface area contributed by atoms with Crippen molar-refractivity contribution in [1.82, 2.24) is 0 Å². The van der Waals surface area contributed by atoms with Crippen molar-refractivity contribution in [1.29, 1.82) is 0 Å². The van der Waals surface area contributed by atoms with E-state index in [0.717, 1.165) is 12.8 Å². The summed E-state index contributed by atoms with van der Waals surface area (Å²) in [5.74, 6) is -3.25. The average molecular weight is 301 g/mol. The van der Waals surface area contributed by atoms with Crippen molar-refractivity contribution in [2.75, 3.05) is 5.32 Å². The van der Waals surface area contributed by atoms with Gasteiger partial charge >= 0.3 is 5.97 Å². The fourth-order valence-corrected chi connectivity index (χ4v) is 4.47. The number of carbonyl (C=O) groups excluding carboxylic acids is 1. The Morgan fingerprint density at radius 3 is 2.36 bits per heavy atom. The first-order valence-corrected chi connectivity index (χ1v) is 7.51. The molecule has 2 N–H and O–H groups in total. The summed E-state index contributed by atoms with van der Waals surface area (Å²) in [5, 5.41) is 12.1. The Bertz CT molecular complexity index is 695. The van der Waals surface area contributed by atoms with E-state index in [-0.39, 0.29) is 28.8 Å². The Kier molecular flexibility index (Phi) is 2.71. The van der Waals surface area contributed by atoms with Crippen molar-refractivity contribution in [2.45, 2.75) is 12.8 Å². The Balaban J connectivity index is 1.64. The van der Waals surface area contributed by atoms with Crippen LogP contribution >= 0.6 is 0 Å². The Labute approximate surface area is 127 Å². The molecule has 4 nitrogen and oxygen atoms in total. The lowest BCUT2D eigenvalue weighted by molar-refractivity contribution is -0.146. The van der Waals surface area contributed by atoms with Crippen LogP contribution in [0.1, 0.15) is 12.8 Å². The molecule has 1 aromatic rings. The predicted molar refractivity (Wildman–Crippen MR) is 77.4 cm³/mol. The summed E-state index contributed by atoms with van der Waals surface area (Å²) in [6.45, 7) is 0. The van der Waals surface area contributed by atoms with Gasteiger partial charge in [-0.25, -0.2) is 4.39 Å². The smallest absolute Gasteiger partial charge is 0.307 e. The number of allylic oxidation sites excluding steroid dienone is 2. The number of halogens is 1. The topological polar surface area (TPSA) is 66.4 Å². The number of aliphatic carboxylic acids is 1. The van der Waals surface area contributed by atoms with E-state index >= 15 is 0 Å². The summed E-state index contributed by atoms with van der Waals surface area (Å²) in [6, 6.07) is 5.94. The summed E-state index contributed by atoms with van der Waals surface area (Å²) >= 11 is 0. The number of anilines is 1. The number of rotatable bonds is 3. The van der Waals surface area contributed by atoms with Crippen LogP contribution in [-0.2, 0) is 9.59 Å². The van der Waals surface area contributed by atoms with Gasteiger partial charge in [-0.05, 0) is 42.2 Å². The van der Waals surface area contributed by atoms with E-state index in [2.05, 4.69) is 5.32 Å². The Hall–Kier alpha value is -2.17. The van der Waals surface area contributed by atoms with Crippen LogP contribution in [0.5, 0.6) is 0 Å². The molecule has 3 aliphatic carbocycles. The number of carboxylic acid groups (broad SMARTS) is 1. The molecular formula is C17H16FNO3. The molecule has 0 unspecified atom stereocenters. The lowest BCUT2D eigenvalue weighted by Gasteiger charge is -2.23. The molecule has 2 saturated carbocycles. The molecule has 4 atom stereocenters. The molecule has 1 amide bonds. The maximum absolute atomic E-state index is 13.7. The maximum atomic E-state index is 13.7. The number of carbonyl (C=O) groups is 2. The first kappa shape index (κ1) is 13.5. The molecule has 2 fully saturated rings. The van der Waals surface area contributed by atoms with E-state index < -0.39 is 23.6 Å². The van der Waals surface area contributed by atoms with Gasteiger partial charge in [-0.2, -0.15) is 0 Å². The highest BCUT2D eigenvalue weighted by atomic mass is 19.1. The van der Waals surface area contributed by atoms with Crippen LogP contribution in [0.15, 0.2) is 36.4 Å². The minimum atomic E-state index is -0.934. The van der Waals surface area contributed by atoms with Crippen LogP contribution in [0.25, 0.3) is 0 Å². The lowest BCUT2D eigenvalue weighted by atomic mass is 9.82. The van der Waals surface area contributed by atoms with E-state index in [9.17, 15) is 19.1 Å². The second-order valence-corrected chi connectivity index (χ2v) is 6.53. The van der Waals surface area contributed by atoms with Crippen molar-refractivity contribution in [3.05, 3.63) is 42.2 Å². The third-order valence-corrected chi connectivity index (χ3v) is 5.56. The van der Waals surface area contributed by atoms with Crippen molar-refractivity contribution >= 4 is 17.6 Å². The van der Waals surface area contributed by atoms with E-state index in [4.69, 9.17) is 0 Å². The van der Waals surface area contributed by atoms with Gasteiger partial charge in [0.25, 0.3) is 0 Å². The molecule has 4 rings (SSSR count). The molecule has 3 aliphatic rings. The molecule has 0 aromatic heterocycles. The zero-order valence-corrected chi connectivity index (χ0v) is 11.8. The number of amides is 1. The molecular weight excluding hydrogens is 285 g/mol. The van der Waals surface area contributed by atoms with Gasteiger partial charge in [0.05, 0.1) is 17.5 Å². The zero-order valence-electron chi connectivity index (χ0n) is 11.8. The van der Waals surface area contributed by atoms with E-state index in [0.29, 0.717) is 0 Å². The quantitative estimate of drug-likeness (QED) is 0.844. The van der Waals surface area contributed by atoms with Crippen LogP contribution < -0.4 is 5.32 Å². The van der Waals surface area contributed by atoms with E-state index in [1.165, 1.54) is 12.1 Å². The first-order valence-electron chi connectivity index (χ1n) is 7.51. The monoisotopic (exact) mass is 301 g/mol. The molecule has 114 valence electrons. The van der Waals surface area contributed by atoms with Gasteiger partial charge in [-0.15, -0.1) is 0 Å². The predicted octanol–water partition coefficient (Wildman–Crippen LogP) is 2.68. The highest BCUT2D eigenvalue weighted by molar-refractivity contribution is 5.96. The molecule has 5 heteroatoms. The number of hydrogen-bond donors (Lipinski definition) is 2. The largest absolute Gasteiger partial charge is 0.481 e. The fourth-order valence-electron chi connectivity index (χ4n) is 4.47. The summed E-state index contributed by atoms with van der Waals surface area (Å²) in [4.78, 5) is 24.3. The van der Waals surface area contributed by atoms with Gasteiger partial charge in [0.15, 0.2) is 0 Å². The van der Waals surface area contributed by atoms with Crippen LogP contribution in [0, 0.1) is 34.9 Å². The normalized spacial score (nSPS) is 33.1. The van der Waals surface area contributed by atoms with Gasteiger partial charge in [0.2, 0.25) is 5.91 Å². The van der Waals surface area contributed by atoms with Gasteiger partial charge in [0.1, 0.15) is 5.82 Å². The van der Waals surface area contributed by atoms with Crippen LogP contribution in [0.4, 0.5) is 10.1 Å². The maximum Gasteiger partial charge on any atom is 0.307 e. The average Bonchev–Trinajstić information content (AvgIpc) is 3.15. The number of benzene rings is 1. The Morgan fingerprint density at radius 2 is 1.77 bits per heavy atom. The van der Waals surface area contributed by atoms with Crippen LogP contribution in [0.2, 0.25) is 0 Å². The SMILES string of the molecule is O=C(O)[C@@H]1[C@H](C(=O)Nc2ccccc2F)[C@@H]2C=C[C@@H]1C21CC1. The molecule has 0 saturated heterocycles. The third-order valence-electron chi connectivity index (χ3n) is 5.56. The van der Waals surface area contributed by atoms with Gasteiger partial charge in [-0.1, -0.05) is 24.3 Å². The highest BCUT2D eigenvalue weighted by Gasteiger charge is 2.70. The summed E-state index contributed by atoms with van der Waals surface area (Å²) in [5.41, 5.74) is 0.0774. The van der Waals surface area contributed by atoms with Crippen LogP contribution in [-0.4, -0.2) is 17.0 Å². The number of carboxylic acids is 1. The second-order valence-electron chi connectivity index (χ2n) is 6.53. The molecule has 0 aliphatic heterocycles. The number of nitrogens with one attached hydrogen (secondary N) is 1. The van der Waals surface area contributed by atoms with Crippen molar-refractivity contribution in [3.63, 3.8) is 0 Å². The van der Waals surface area contributed by atoms with Crippen molar-refractivity contribution < 1.29 is 19.1 Å². The third kappa shape index (κ3) is 1.68. The zero-order chi connectivity index (χ0) is 15.5. The summed E-state index contributed by atoms with van der Waals surface area (Å²) < 4.78 is 13.7. The molecule has 22 heavy (non-hydrogen) atoms. The minimum absolute atomic E-state index is 0.0275. The minimum Gasteiger partial charge on any atom is -0.481 e. The Morgan fingerprint density at radius 1 is 1.14 bits per heavy atom. The molecule has 2 bridgehead atoms. The number of hydrogen-bond acceptors (Lipinski definition) is 2. The number of para-hydroxylation sites is 1. The molecule has 1 spiro atoms. The highest BCUT2D eigenvalue weighted by Crippen LogP contribution is 2.72. The fraction of sp³-hybridized carbons (Fsp3) is 0.412. The molecule has 0 heterocycles. The van der Waals surface area contributed by atoms with Gasteiger partial charge in [-0.3, -0.25) is 9.59 Å². The molecule has 1 aromatic carbocycles. The lowest BCUT2D eigenvalue weighted by Crippen LogP contribution is -2.36. The van der Waals surface area contributed by atoms with Crippen molar-refractivity contribution in [2.24, 2.45) is 29.1 Å². The van der Waals surface area contributed by atoms with E-state index in [1.54, 1.807) is 12.1 Å². The van der Waals surface area contributed by atoms with Crippen molar-refractivity contribution in [3.8, 4) is 0 Å². The standard InChI is InChI=1S/C17H16FNO3/c18-11-3-1-2-4-12(11)19-15(20)13-9-5-6-10(14(13)16(21)22)17(9)7-8-17/h1-6,9-10,13-14H,7-8H2,(H,19,20)(H,21,22)/t9-,10-,13+,14-/m0/s1. The second kappa shape index (κ2) is 4.41. The van der Waals surface area contributed by atoms with Gasteiger partial charge < -0.3 is 10.4 Å².